The predicted octanol–water partition coefficient (Wildman–Crippen LogP) is 1.81. The smallest absolute Gasteiger partial charge is 0.314 e. The van der Waals surface area contributed by atoms with E-state index in [1.807, 2.05) is 0 Å². The molecule has 6 N–H and O–H groups in total. The van der Waals surface area contributed by atoms with Gasteiger partial charge in [0.1, 0.15) is 11.2 Å². The largest absolute Gasteiger partial charge is 0.481 e. The first-order chi connectivity index (χ1) is 12.4. The Hall–Kier alpha value is -3.42. The highest BCUT2D eigenvalue weighted by Crippen LogP contribution is 2.62. The Kier molecular flexibility index (Phi) is 4.33. The lowest BCUT2D eigenvalue weighted by molar-refractivity contribution is -0.140. The number of benzene rings is 2. The fourth-order valence-electron chi connectivity index (χ4n) is 3.38. The molecular formula is C18H17FN4O3. The van der Waals surface area contributed by atoms with Crippen LogP contribution in [0.2, 0.25) is 0 Å². The van der Waals surface area contributed by atoms with E-state index < -0.39 is 23.1 Å². The van der Waals surface area contributed by atoms with E-state index in [0.717, 1.165) is 5.56 Å². The van der Waals surface area contributed by atoms with Crippen LogP contribution in [0, 0.1) is 5.82 Å². The number of carbonyl (C=O) groups excluding carboxylic acids is 1. The van der Waals surface area contributed by atoms with E-state index in [2.05, 4.69) is 10.3 Å². The summed E-state index contributed by atoms with van der Waals surface area (Å²) in [6.07, 6.45) is 0.596. The summed E-state index contributed by atoms with van der Waals surface area (Å²) in [5.74, 6) is -2.28. The van der Waals surface area contributed by atoms with Crippen LogP contribution in [0.25, 0.3) is 0 Å². The van der Waals surface area contributed by atoms with Crippen LogP contribution in [0.1, 0.15) is 23.5 Å². The molecule has 1 saturated carbocycles. The second kappa shape index (κ2) is 6.47. The molecule has 0 heterocycles. The Morgan fingerprint density at radius 2 is 2.04 bits per heavy atom. The minimum Gasteiger partial charge on any atom is -0.481 e. The quantitative estimate of drug-likeness (QED) is 0.356. The Morgan fingerprint density at radius 3 is 2.69 bits per heavy atom. The highest BCUT2D eigenvalue weighted by Gasteiger charge is 2.63. The molecule has 1 aliphatic carbocycles. The molecule has 0 spiro atoms. The van der Waals surface area contributed by atoms with Crippen LogP contribution < -0.4 is 16.8 Å². The number of para-hydroxylation sites is 1. The Morgan fingerprint density at radius 1 is 1.31 bits per heavy atom. The van der Waals surface area contributed by atoms with Crippen LogP contribution >= 0.6 is 0 Å². The van der Waals surface area contributed by atoms with Crippen LogP contribution in [-0.4, -0.2) is 23.4 Å². The number of hydrogen-bond donors (Lipinski definition) is 4. The van der Waals surface area contributed by atoms with E-state index in [0.29, 0.717) is 12.1 Å². The number of nitrogens with zero attached hydrogens (tertiary/aromatic N) is 1. The third-order valence-corrected chi connectivity index (χ3v) is 4.57. The van der Waals surface area contributed by atoms with Crippen molar-refractivity contribution in [2.24, 2.45) is 16.5 Å². The zero-order valence-electron chi connectivity index (χ0n) is 13.6. The molecule has 2 atom stereocenters. The molecule has 2 aromatic carbocycles. The second-order valence-electron chi connectivity index (χ2n) is 6.09. The minimum atomic E-state index is -1.33. The molecule has 7 nitrogen and oxygen atoms in total. The molecule has 1 amide bonds. The molecule has 0 aliphatic heterocycles. The topological polar surface area (TPSA) is 131 Å². The number of carboxylic acid groups (broad SMARTS) is 1. The van der Waals surface area contributed by atoms with E-state index in [4.69, 9.17) is 11.5 Å². The first kappa shape index (κ1) is 17.4. The minimum absolute atomic E-state index is 0.106. The highest BCUT2D eigenvalue weighted by molar-refractivity contribution is 5.91. The Bertz CT molecular complexity index is 911. The molecule has 3 rings (SSSR count). The fraction of sp³-hybridized carbons (Fsp3) is 0.167. The summed E-state index contributed by atoms with van der Waals surface area (Å²) in [5, 5.41) is 12.2. The maximum absolute atomic E-state index is 14.1. The van der Waals surface area contributed by atoms with Crippen molar-refractivity contribution in [1.82, 2.24) is 0 Å². The number of aliphatic imine (C=N–C) groups is 1. The van der Waals surface area contributed by atoms with Gasteiger partial charge in [-0.15, -0.1) is 0 Å². The summed E-state index contributed by atoms with van der Waals surface area (Å²) in [6.45, 7) is 0. The van der Waals surface area contributed by atoms with Gasteiger partial charge in [-0.2, -0.15) is 0 Å². The molecule has 1 aliphatic rings. The molecule has 134 valence electrons. The van der Waals surface area contributed by atoms with Crippen LogP contribution in [0.3, 0.4) is 0 Å². The van der Waals surface area contributed by atoms with Crippen LogP contribution in [0.15, 0.2) is 47.5 Å². The normalized spacial score (nSPS) is 20.9. The van der Waals surface area contributed by atoms with E-state index in [1.54, 1.807) is 24.3 Å². The Balaban J connectivity index is 2.07. The maximum Gasteiger partial charge on any atom is 0.314 e. The first-order valence-electron chi connectivity index (χ1n) is 7.82. The lowest BCUT2D eigenvalue weighted by Crippen LogP contribution is -2.24. The third-order valence-electron chi connectivity index (χ3n) is 4.57. The standard InChI is InChI=1S/C18H17FN4O3/c19-14-6-2-5-12(15(14)22-9-24)18(16(25)26)8-13(18)10-3-1-4-11(7-10)23-17(20)21/h1-7,9,13H,8H2,(H,22,24)(H,25,26)(H4,20,21,23). The number of rotatable bonds is 6. The Labute approximate surface area is 148 Å². The van der Waals surface area contributed by atoms with Crippen LogP contribution in [-0.2, 0) is 15.0 Å². The van der Waals surface area contributed by atoms with E-state index >= 15 is 0 Å². The van der Waals surface area contributed by atoms with Gasteiger partial charge in [-0.3, -0.25) is 9.59 Å². The molecular weight excluding hydrogens is 339 g/mol. The molecule has 0 saturated heterocycles. The zero-order chi connectivity index (χ0) is 18.9. The summed E-state index contributed by atoms with van der Waals surface area (Å²) in [7, 11) is 0. The van der Waals surface area contributed by atoms with Crippen molar-refractivity contribution in [3.05, 3.63) is 59.4 Å². The van der Waals surface area contributed by atoms with Gasteiger partial charge < -0.3 is 21.9 Å². The van der Waals surface area contributed by atoms with Gasteiger partial charge in [-0.1, -0.05) is 24.3 Å². The molecule has 2 unspecified atom stereocenters. The molecule has 2 aromatic rings. The molecule has 0 aromatic heterocycles. The van der Waals surface area contributed by atoms with Crippen molar-refractivity contribution in [2.45, 2.75) is 17.8 Å². The van der Waals surface area contributed by atoms with Gasteiger partial charge in [0.25, 0.3) is 0 Å². The van der Waals surface area contributed by atoms with E-state index in [1.165, 1.54) is 18.2 Å². The number of hydrogen-bond acceptors (Lipinski definition) is 3. The number of aliphatic carboxylic acids is 1. The first-order valence-corrected chi connectivity index (χ1v) is 7.82. The van der Waals surface area contributed by atoms with Gasteiger partial charge in [0.2, 0.25) is 6.41 Å². The van der Waals surface area contributed by atoms with Gasteiger partial charge in [-0.25, -0.2) is 9.38 Å². The van der Waals surface area contributed by atoms with Gasteiger partial charge in [0.05, 0.1) is 11.4 Å². The number of anilines is 1. The lowest BCUT2D eigenvalue weighted by Gasteiger charge is -2.18. The van der Waals surface area contributed by atoms with Crippen LogP contribution in [0.4, 0.5) is 15.8 Å². The molecule has 0 radical (unpaired) electrons. The average Bonchev–Trinajstić information content (AvgIpc) is 3.33. The number of halogens is 1. The lowest BCUT2D eigenvalue weighted by atomic mass is 9.89. The average molecular weight is 356 g/mol. The van der Waals surface area contributed by atoms with Gasteiger partial charge in [0, 0.05) is 5.92 Å². The van der Waals surface area contributed by atoms with Crippen molar-refractivity contribution in [1.29, 1.82) is 0 Å². The van der Waals surface area contributed by atoms with Crippen molar-refractivity contribution in [3.63, 3.8) is 0 Å². The van der Waals surface area contributed by atoms with E-state index in [9.17, 15) is 19.1 Å². The van der Waals surface area contributed by atoms with Gasteiger partial charge in [0.15, 0.2) is 5.96 Å². The molecule has 0 bridgehead atoms. The van der Waals surface area contributed by atoms with E-state index in [-0.39, 0.29) is 23.6 Å². The van der Waals surface area contributed by atoms with Crippen molar-refractivity contribution >= 4 is 29.7 Å². The third kappa shape index (κ3) is 2.85. The number of carbonyl (C=O) groups is 2. The second-order valence-corrected chi connectivity index (χ2v) is 6.09. The molecule has 26 heavy (non-hydrogen) atoms. The number of carboxylic acids is 1. The summed E-state index contributed by atoms with van der Waals surface area (Å²) in [6, 6.07) is 11.0. The van der Waals surface area contributed by atoms with Crippen molar-refractivity contribution < 1.29 is 19.1 Å². The number of guanidine groups is 1. The number of nitrogens with one attached hydrogen (secondary N) is 1. The van der Waals surface area contributed by atoms with Crippen LogP contribution in [0.5, 0.6) is 0 Å². The number of nitrogens with two attached hydrogens (primary N) is 2. The fourth-order valence-corrected chi connectivity index (χ4v) is 3.38. The van der Waals surface area contributed by atoms with Crippen molar-refractivity contribution in [3.8, 4) is 0 Å². The molecule has 8 heteroatoms. The number of amides is 1. The summed E-state index contributed by atoms with van der Waals surface area (Å²) in [4.78, 5) is 26.9. The molecule has 1 fully saturated rings. The monoisotopic (exact) mass is 356 g/mol. The summed E-state index contributed by atoms with van der Waals surface area (Å²) in [5.41, 5.74) is 10.8. The zero-order valence-corrected chi connectivity index (χ0v) is 13.6. The summed E-state index contributed by atoms with van der Waals surface area (Å²) >= 11 is 0. The van der Waals surface area contributed by atoms with Gasteiger partial charge in [-0.05, 0) is 35.7 Å². The maximum atomic E-state index is 14.1. The van der Waals surface area contributed by atoms with Gasteiger partial charge >= 0.3 is 5.97 Å². The van der Waals surface area contributed by atoms with Crippen molar-refractivity contribution in [2.75, 3.05) is 5.32 Å². The predicted molar refractivity (Wildman–Crippen MR) is 94.7 cm³/mol. The summed E-state index contributed by atoms with van der Waals surface area (Å²) < 4.78 is 14.1. The highest BCUT2D eigenvalue weighted by atomic mass is 19.1. The SMILES string of the molecule is NC(N)=Nc1cccc(C2CC2(C(=O)O)c2cccc(F)c2NC=O)c1.